The maximum Gasteiger partial charge on any atom is 0.159 e. The Hall–Kier alpha value is -1.16. The van der Waals surface area contributed by atoms with Crippen molar-refractivity contribution in [3.8, 4) is 0 Å². The maximum absolute atomic E-state index is 5.86. The standard InChI is InChI=1S/C17H31N3O/c1-7-9-18-15-11-14(10-12(3)4)19-17(20-15)16(13(5)6)21-8-2/h11-13,16H,7-10H2,1-6H3,(H,18,19,20). The minimum Gasteiger partial charge on any atom is -0.370 e. The topological polar surface area (TPSA) is 47.0 Å². The smallest absolute Gasteiger partial charge is 0.159 e. The van der Waals surface area contributed by atoms with E-state index in [1.54, 1.807) is 0 Å². The molecule has 1 aromatic heterocycles. The van der Waals surface area contributed by atoms with Crippen molar-refractivity contribution in [1.82, 2.24) is 9.97 Å². The summed E-state index contributed by atoms with van der Waals surface area (Å²) in [6.45, 7) is 14.5. The zero-order valence-electron chi connectivity index (χ0n) is 14.4. The summed E-state index contributed by atoms with van der Waals surface area (Å²) in [7, 11) is 0. The second-order valence-electron chi connectivity index (χ2n) is 6.25. The zero-order valence-corrected chi connectivity index (χ0v) is 14.4. The van der Waals surface area contributed by atoms with Gasteiger partial charge in [0, 0.05) is 24.9 Å². The first-order valence-electron chi connectivity index (χ1n) is 8.21. The highest BCUT2D eigenvalue weighted by Crippen LogP contribution is 2.25. The summed E-state index contributed by atoms with van der Waals surface area (Å²) in [5.41, 5.74) is 1.10. The number of hydrogen-bond donors (Lipinski definition) is 1. The average molecular weight is 293 g/mol. The van der Waals surface area contributed by atoms with E-state index < -0.39 is 0 Å². The van der Waals surface area contributed by atoms with E-state index in [0.29, 0.717) is 18.4 Å². The molecule has 0 bridgehead atoms. The Labute approximate surface area is 129 Å². The third kappa shape index (κ3) is 6.00. The van der Waals surface area contributed by atoms with Crippen LogP contribution in [0.2, 0.25) is 0 Å². The van der Waals surface area contributed by atoms with Crippen LogP contribution in [0, 0.1) is 11.8 Å². The number of ether oxygens (including phenoxy) is 1. The van der Waals surface area contributed by atoms with E-state index >= 15 is 0 Å². The molecule has 120 valence electrons. The first-order chi connectivity index (χ1) is 9.97. The Morgan fingerprint density at radius 1 is 1.14 bits per heavy atom. The normalized spacial score (nSPS) is 13.0. The van der Waals surface area contributed by atoms with E-state index in [-0.39, 0.29) is 6.10 Å². The number of nitrogens with zero attached hydrogens (tertiary/aromatic N) is 2. The molecule has 1 atom stereocenters. The van der Waals surface area contributed by atoms with E-state index in [9.17, 15) is 0 Å². The summed E-state index contributed by atoms with van der Waals surface area (Å²) < 4.78 is 5.86. The molecular weight excluding hydrogens is 262 g/mol. The molecule has 0 aliphatic carbocycles. The third-order valence-electron chi connectivity index (χ3n) is 3.18. The number of nitrogens with one attached hydrogen (secondary N) is 1. The van der Waals surface area contributed by atoms with Crippen LogP contribution in [0.25, 0.3) is 0 Å². The SMILES string of the molecule is CCCNc1cc(CC(C)C)nc(C(OCC)C(C)C)n1. The van der Waals surface area contributed by atoms with E-state index in [2.05, 4.69) is 51.0 Å². The Bertz CT molecular complexity index is 418. The van der Waals surface area contributed by atoms with Crippen molar-refractivity contribution in [2.75, 3.05) is 18.5 Å². The van der Waals surface area contributed by atoms with Crippen LogP contribution in [0.1, 0.15) is 65.6 Å². The molecule has 1 rings (SSSR count). The van der Waals surface area contributed by atoms with Gasteiger partial charge in [0.15, 0.2) is 5.82 Å². The number of rotatable bonds is 9. The van der Waals surface area contributed by atoms with Gasteiger partial charge < -0.3 is 10.1 Å². The summed E-state index contributed by atoms with van der Waals surface area (Å²) in [5, 5.41) is 3.38. The van der Waals surface area contributed by atoms with Crippen LogP contribution >= 0.6 is 0 Å². The van der Waals surface area contributed by atoms with Crippen molar-refractivity contribution >= 4 is 5.82 Å². The maximum atomic E-state index is 5.86. The van der Waals surface area contributed by atoms with Crippen molar-refractivity contribution in [2.45, 2.75) is 60.5 Å². The molecule has 0 radical (unpaired) electrons. The first kappa shape index (κ1) is 17.9. The summed E-state index contributed by atoms with van der Waals surface area (Å²) in [4.78, 5) is 9.42. The lowest BCUT2D eigenvalue weighted by molar-refractivity contribution is 0.0231. The molecule has 0 aliphatic heterocycles. The highest BCUT2D eigenvalue weighted by Gasteiger charge is 2.20. The molecule has 4 heteroatoms. The third-order valence-corrected chi connectivity index (χ3v) is 3.18. The molecule has 0 aromatic carbocycles. The van der Waals surface area contributed by atoms with Gasteiger partial charge in [-0.15, -0.1) is 0 Å². The number of anilines is 1. The van der Waals surface area contributed by atoms with Gasteiger partial charge in [-0.1, -0.05) is 34.6 Å². The van der Waals surface area contributed by atoms with Gasteiger partial charge in [-0.2, -0.15) is 0 Å². The summed E-state index contributed by atoms with van der Waals surface area (Å²) >= 11 is 0. The molecule has 0 aliphatic rings. The lowest BCUT2D eigenvalue weighted by Crippen LogP contribution is -2.17. The molecule has 1 heterocycles. The van der Waals surface area contributed by atoms with Gasteiger partial charge in [0.05, 0.1) is 0 Å². The van der Waals surface area contributed by atoms with E-state index in [1.165, 1.54) is 0 Å². The fourth-order valence-electron chi connectivity index (χ4n) is 2.26. The molecule has 1 aromatic rings. The molecule has 0 fully saturated rings. The van der Waals surface area contributed by atoms with Crippen LogP contribution in [0.5, 0.6) is 0 Å². The molecule has 0 amide bonds. The van der Waals surface area contributed by atoms with Gasteiger partial charge in [0.2, 0.25) is 0 Å². The zero-order chi connectivity index (χ0) is 15.8. The highest BCUT2D eigenvalue weighted by molar-refractivity contribution is 5.36. The van der Waals surface area contributed by atoms with Crippen LogP contribution in [-0.4, -0.2) is 23.1 Å². The first-order valence-corrected chi connectivity index (χ1v) is 8.21. The van der Waals surface area contributed by atoms with Gasteiger partial charge in [-0.05, 0) is 31.6 Å². The lowest BCUT2D eigenvalue weighted by Gasteiger charge is -2.21. The van der Waals surface area contributed by atoms with E-state index in [0.717, 1.165) is 36.7 Å². The fourth-order valence-corrected chi connectivity index (χ4v) is 2.26. The highest BCUT2D eigenvalue weighted by atomic mass is 16.5. The molecule has 1 unspecified atom stereocenters. The predicted molar refractivity (Wildman–Crippen MR) is 88.6 cm³/mol. The van der Waals surface area contributed by atoms with Gasteiger partial charge in [-0.3, -0.25) is 0 Å². The molecule has 4 nitrogen and oxygen atoms in total. The Morgan fingerprint density at radius 2 is 1.86 bits per heavy atom. The quantitative estimate of drug-likeness (QED) is 0.740. The molecule has 0 saturated carbocycles. The van der Waals surface area contributed by atoms with Crippen molar-refractivity contribution in [2.24, 2.45) is 11.8 Å². The van der Waals surface area contributed by atoms with E-state index in [4.69, 9.17) is 9.72 Å². The minimum absolute atomic E-state index is 0.0377. The van der Waals surface area contributed by atoms with Gasteiger partial charge in [0.1, 0.15) is 11.9 Å². The average Bonchev–Trinajstić information content (AvgIpc) is 2.41. The minimum atomic E-state index is -0.0377. The van der Waals surface area contributed by atoms with Gasteiger partial charge in [0.25, 0.3) is 0 Å². The second-order valence-corrected chi connectivity index (χ2v) is 6.25. The summed E-state index contributed by atoms with van der Waals surface area (Å²) in [6.07, 6.45) is 2.01. The molecule has 0 saturated heterocycles. The Morgan fingerprint density at radius 3 is 2.38 bits per heavy atom. The predicted octanol–water partition coefficient (Wildman–Crippen LogP) is 4.23. The molecule has 0 spiro atoms. The summed E-state index contributed by atoms with van der Waals surface area (Å²) in [5.74, 6) is 2.67. The van der Waals surface area contributed by atoms with Crippen LogP contribution in [0.15, 0.2) is 6.07 Å². The fraction of sp³-hybridized carbons (Fsp3) is 0.765. The molecular formula is C17H31N3O. The van der Waals surface area contributed by atoms with Crippen LogP contribution < -0.4 is 5.32 Å². The van der Waals surface area contributed by atoms with E-state index in [1.807, 2.05) is 6.92 Å². The largest absolute Gasteiger partial charge is 0.370 e. The van der Waals surface area contributed by atoms with Gasteiger partial charge in [-0.25, -0.2) is 9.97 Å². The van der Waals surface area contributed by atoms with Crippen LogP contribution in [-0.2, 0) is 11.2 Å². The number of aromatic nitrogens is 2. The Balaban J connectivity index is 3.08. The second kappa shape index (κ2) is 8.98. The molecule has 21 heavy (non-hydrogen) atoms. The van der Waals surface area contributed by atoms with Crippen molar-refractivity contribution in [3.63, 3.8) is 0 Å². The molecule has 1 N–H and O–H groups in total. The monoisotopic (exact) mass is 293 g/mol. The van der Waals surface area contributed by atoms with Gasteiger partial charge >= 0.3 is 0 Å². The Kier molecular flexibility index (Phi) is 7.65. The van der Waals surface area contributed by atoms with Crippen LogP contribution in [0.4, 0.5) is 5.82 Å². The van der Waals surface area contributed by atoms with Crippen molar-refractivity contribution in [1.29, 1.82) is 0 Å². The van der Waals surface area contributed by atoms with Crippen LogP contribution in [0.3, 0.4) is 0 Å². The van der Waals surface area contributed by atoms with Crippen molar-refractivity contribution < 1.29 is 4.74 Å². The number of hydrogen-bond acceptors (Lipinski definition) is 4. The summed E-state index contributed by atoms with van der Waals surface area (Å²) in [6, 6.07) is 2.07. The van der Waals surface area contributed by atoms with Crippen molar-refractivity contribution in [3.05, 3.63) is 17.6 Å². The lowest BCUT2D eigenvalue weighted by atomic mass is 10.0.